The number of nitrogens with one attached hydrogen (secondary N) is 1. The number of fused-ring (bicyclic) bond motifs is 2. The molecule has 2 saturated carbocycles. The summed E-state index contributed by atoms with van der Waals surface area (Å²) in [6.45, 7) is 9.65. The number of rotatable bonds is 4. The number of likely N-dealkylation sites (tertiary alicyclic amines) is 1. The van der Waals surface area contributed by atoms with Gasteiger partial charge in [-0.3, -0.25) is 4.90 Å². The van der Waals surface area contributed by atoms with Crippen LogP contribution < -0.4 is 5.32 Å². The standard InChI is InChI=1S/C16H30N2/c1-11(2)18-7-6-15(10-18)17-12(3)16-9-13-4-5-14(16)8-13/h11-17H,4-10H2,1-3H3. The van der Waals surface area contributed by atoms with Crippen LogP contribution in [0.5, 0.6) is 0 Å². The van der Waals surface area contributed by atoms with E-state index in [1.165, 1.54) is 38.8 Å². The summed E-state index contributed by atoms with van der Waals surface area (Å²) in [5.41, 5.74) is 0. The fraction of sp³-hybridized carbons (Fsp3) is 1.00. The van der Waals surface area contributed by atoms with Crippen LogP contribution in [-0.4, -0.2) is 36.1 Å². The van der Waals surface area contributed by atoms with E-state index in [1.807, 2.05) is 0 Å². The van der Waals surface area contributed by atoms with Gasteiger partial charge in [0.2, 0.25) is 0 Å². The van der Waals surface area contributed by atoms with Crippen LogP contribution in [0, 0.1) is 17.8 Å². The molecule has 1 saturated heterocycles. The molecule has 5 atom stereocenters. The van der Waals surface area contributed by atoms with E-state index in [4.69, 9.17) is 0 Å². The summed E-state index contributed by atoms with van der Waals surface area (Å²) in [5.74, 6) is 3.12. The van der Waals surface area contributed by atoms with E-state index < -0.39 is 0 Å². The highest BCUT2D eigenvalue weighted by atomic mass is 15.2. The average Bonchev–Trinajstić information content (AvgIpc) is 3.03. The molecule has 3 fully saturated rings. The maximum atomic E-state index is 3.95. The van der Waals surface area contributed by atoms with Crippen molar-refractivity contribution in [3.63, 3.8) is 0 Å². The molecule has 3 aliphatic rings. The maximum absolute atomic E-state index is 3.95. The van der Waals surface area contributed by atoms with Crippen LogP contribution >= 0.6 is 0 Å². The van der Waals surface area contributed by atoms with Crippen molar-refractivity contribution in [2.45, 2.75) is 71.0 Å². The van der Waals surface area contributed by atoms with Crippen LogP contribution in [-0.2, 0) is 0 Å². The quantitative estimate of drug-likeness (QED) is 0.825. The fourth-order valence-corrected chi connectivity index (χ4v) is 4.79. The first kappa shape index (κ1) is 12.9. The molecule has 0 aromatic carbocycles. The second-order valence-corrected chi connectivity index (χ2v) is 7.37. The third-order valence-electron chi connectivity index (χ3n) is 5.88. The first-order valence-electron chi connectivity index (χ1n) is 8.13. The number of hydrogen-bond acceptors (Lipinski definition) is 2. The molecule has 5 unspecified atom stereocenters. The largest absolute Gasteiger partial charge is 0.310 e. The molecule has 0 aromatic heterocycles. The molecule has 18 heavy (non-hydrogen) atoms. The summed E-state index contributed by atoms with van der Waals surface area (Å²) in [7, 11) is 0. The third kappa shape index (κ3) is 2.46. The van der Waals surface area contributed by atoms with Crippen molar-refractivity contribution in [2.75, 3.05) is 13.1 Å². The molecule has 0 amide bonds. The highest BCUT2D eigenvalue weighted by Gasteiger charge is 2.42. The Morgan fingerprint density at radius 2 is 1.89 bits per heavy atom. The first-order valence-corrected chi connectivity index (χ1v) is 8.13. The smallest absolute Gasteiger partial charge is 0.0209 e. The number of nitrogens with zero attached hydrogens (tertiary/aromatic N) is 1. The van der Waals surface area contributed by atoms with Crippen LogP contribution in [0.2, 0.25) is 0 Å². The lowest BCUT2D eigenvalue weighted by Crippen LogP contribution is -2.44. The Hall–Kier alpha value is -0.0800. The Bertz CT molecular complexity index is 289. The molecule has 2 aliphatic carbocycles. The number of hydrogen-bond donors (Lipinski definition) is 1. The van der Waals surface area contributed by atoms with E-state index in [1.54, 1.807) is 6.42 Å². The molecular formula is C16H30N2. The Morgan fingerprint density at radius 3 is 2.44 bits per heavy atom. The third-order valence-corrected chi connectivity index (χ3v) is 5.88. The minimum Gasteiger partial charge on any atom is -0.310 e. The second kappa shape index (κ2) is 5.13. The fourth-order valence-electron chi connectivity index (χ4n) is 4.79. The van der Waals surface area contributed by atoms with Gasteiger partial charge in [-0.1, -0.05) is 6.42 Å². The predicted octanol–water partition coefficient (Wildman–Crippen LogP) is 2.88. The van der Waals surface area contributed by atoms with E-state index in [0.29, 0.717) is 0 Å². The molecule has 1 aliphatic heterocycles. The lowest BCUT2D eigenvalue weighted by molar-refractivity contribution is 0.232. The molecule has 0 spiro atoms. The Kier molecular flexibility index (Phi) is 3.68. The van der Waals surface area contributed by atoms with Crippen molar-refractivity contribution in [3.05, 3.63) is 0 Å². The lowest BCUT2D eigenvalue weighted by Gasteiger charge is -2.31. The Balaban J connectivity index is 1.48. The first-order chi connectivity index (χ1) is 8.63. The van der Waals surface area contributed by atoms with Gasteiger partial charge in [0.15, 0.2) is 0 Å². The van der Waals surface area contributed by atoms with Crippen LogP contribution in [0.1, 0.15) is 52.9 Å². The van der Waals surface area contributed by atoms with E-state index in [9.17, 15) is 0 Å². The summed E-state index contributed by atoms with van der Waals surface area (Å²) in [5, 5.41) is 3.95. The highest BCUT2D eigenvalue weighted by molar-refractivity contribution is 4.95. The van der Waals surface area contributed by atoms with E-state index in [2.05, 4.69) is 31.0 Å². The molecule has 2 heteroatoms. The van der Waals surface area contributed by atoms with Gasteiger partial charge in [-0.25, -0.2) is 0 Å². The van der Waals surface area contributed by atoms with Gasteiger partial charge in [0.05, 0.1) is 0 Å². The van der Waals surface area contributed by atoms with Gasteiger partial charge in [0.1, 0.15) is 0 Å². The minimum absolute atomic E-state index is 0.717. The van der Waals surface area contributed by atoms with E-state index in [-0.39, 0.29) is 0 Å². The molecule has 1 N–H and O–H groups in total. The van der Waals surface area contributed by atoms with Crippen LogP contribution in [0.3, 0.4) is 0 Å². The molecule has 104 valence electrons. The van der Waals surface area contributed by atoms with Crippen molar-refractivity contribution >= 4 is 0 Å². The average molecular weight is 250 g/mol. The van der Waals surface area contributed by atoms with E-state index >= 15 is 0 Å². The zero-order valence-electron chi connectivity index (χ0n) is 12.4. The van der Waals surface area contributed by atoms with Crippen molar-refractivity contribution in [2.24, 2.45) is 17.8 Å². The zero-order valence-corrected chi connectivity index (χ0v) is 12.4. The summed E-state index contributed by atoms with van der Waals surface area (Å²) >= 11 is 0. The van der Waals surface area contributed by atoms with Gasteiger partial charge >= 0.3 is 0 Å². The van der Waals surface area contributed by atoms with Crippen LogP contribution in [0.4, 0.5) is 0 Å². The van der Waals surface area contributed by atoms with Gasteiger partial charge in [-0.15, -0.1) is 0 Å². The zero-order chi connectivity index (χ0) is 12.7. The minimum atomic E-state index is 0.717. The Labute approximate surface area is 113 Å². The SMILES string of the molecule is CC(NC1CCN(C(C)C)C1)C1CC2CCC1C2. The van der Waals surface area contributed by atoms with Gasteiger partial charge in [-0.2, -0.15) is 0 Å². The highest BCUT2D eigenvalue weighted by Crippen LogP contribution is 2.49. The normalized spacial score (nSPS) is 42.0. The van der Waals surface area contributed by atoms with Gasteiger partial charge < -0.3 is 5.32 Å². The molecule has 0 radical (unpaired) electrons. The van der Waals surface area contributed by atoms with Crippen molar-refractivity contribution in [1.29, 1.82) is 0 Å². The topological polar surface area (TPSA) is 15.3 Å². The van der Waals surface area contributed by atoms with Crippen molar-refractivity contribution in [1.82, 2.24) is 10.2 Å². The molecule has 2 bridgehead atoms. The second-order valence-electron chi connectivity index (χ2n) is 7.37. The summed E-state index contributed by atoms with van der Waals surface area (Å²) in [6, 6.07) is 2.22. The molecular weight excluding hydrogens is 220 g/mol. The van der Waals surface area contributed by atoms with Gasteiger partial charge in [0, 0.05) is 24.7 Å². The van der Waals surface area contributed by atoms with Crippen molar-refractivity contribution < 1.29 is 0 Å². The Morgan fingerprint density at radius 1 is 1.06 bits per heavy atom. The monoisotopic (exact) mass is 250 g/mol. The predicted molar refractivity (Wildman–Crippen MR) is 76.6 cm³/mol. The van der Waals surface area contributed by atoms with Crippen molar-refractivity contribution in [3.8, 4) is 0 Å². The maximum Gasteiger partial charge on any atom is 0.0209 e. The lowest BCUT2D eigenvalue weighted by atomic mass is 9.83. The summed E-state index contributed by atoms with van der Waals surface area (Å²) < 4.78 is 0. The summed E-state index contributed by atoms with van der Waals surface area (Å²) in [6.07, 6.45) is 7.45. The molecule has 3 rings (SSSR count). The van der Waals surface area contributed by atoms with Gasteiger partial charge in [-0.05, 0) is 70.8 Å². The van der Waals surface area contributed by atoms with Crippen LogP contribution in [0.25, 0.3) is 0 Å². The molecule has 0 aromatic rings. The van der Waals surface area contributed by atoms with Crippen LogP contribution in [0.15, 0.2) is 0 Å². The molecule has 1 heterocycles. The summed E-state index contributed by atoms with van der Waals surface area (Å²) in [4.78, 5) is 2.62. The van der Waals surface area contributed by atoms with Gasteiger partial charge in [0.25, 0.3) is 0 Å². The van der Waals surface area contributed by atoms with E-state index in [0.717, 1.165) is 35.9 Å². The molecule has 2 nitrogen and oxygen atoms in total.